The average molecular weight is 392 g/mol. The van der Waals surface area contributed by atoms with E-state index in [4.69, 9.17) is 0 Å². The van der Waals surface area contributed by atoms with Crippen LogP contribution in [0.1, 0.15) is 16.1 Å². The minimum atomic E-state index is -3.60. The molecule has 2 heterocycles. The second-order valence-electron chi connectivity index (χ2n) is 6.09. The molecule has 7 nitrogen and oxygen atoms in total. The lowest BCUT2D eigenvalue weighted by atomic mass is 10.2. The van der Waals surface area contributed by atoms with Gasteiger partial charge in [-0.15, -0.1) is 0 Å². The summed E-state index contributed by atoms with van der Waals surface area (Å²) in [4.78, 5) is 21.1. The zero-order valence-corrected chi connectivity index (χ0v) is 15.5. The highest BCUT2D eigenvalue weighted by Gasteiger charge is 2.17. The quantitative estimate of drug-likeness (QED) is 0.563. The van der Waals surface area contributed by atoms with Crippen molar-refractivity contribution in [2.75, 3.05) is 0 Å². The van der Waals surface area contributed by atoms with Crippen LogP contribution in [0.25, 0.3) is 5.65 Å². The molecule has 8 heteroatoms. The van der Waals surface area contributed by atoms with Gasteiger partial charge in [-0.25, -0.2) is 13.4 Å². The molecular formula is C20H16N4O3S. The lowest BCUT2D eigenvalue weighted by molar-refractivity contribution is 0.0950. The van der Waals surface area contributed by atoms with Gasteiger partial charge in [-0.1, -0.05) is 18.2 Å². The van der Waals surface area contributed by atoms with E-state index in [0.717, 1.165) is 5.65 Å². The van der Waals surface area contributed by atoms with Gasteiger partial charge < -0.3 is 9.72 Å². The van der Waals surface area contributed by atoms with E-state index in [-0.39, 0.29) is 22.2 Å². The summed E-state index contributed by atoms with van der Waals surface area (Å²) in [6, 6.07) is 14.1. The van der Waals surface area contributed by atoms with Gasteiger partial charge in [-0.3, -0.25) is 9.78 Å². The molecule has 0 saturated heterocycles. The molecule has 140 valence electrons. The van der Waals surface area contributed by atoms with Crippen LogP contribution in [0.3, 0.4) is 0 Å². The lowest BCUT2D eigenvalue weighted by Gasteiger charge is -2.07. The molecule has 0 aliphatic heterocycles. The van der Waals surface area contributed by atoms with E-state index >= 15 is 0 Å². The van der Waals surface area contributed by atoms with Crippen molar-refractivity contribution in [1.29, 1.82) is 0 Å². The Labute approximate surface area is 161 Å². The first kappa shape index (κ1) is 17.9. The van der Waals surface area contributed by atoms with Gasteiger partial charge in [-0.2, -0.15) is 0 Å². The molecule has 0 unspecified atom stereocenters. The molecule has 1 amide bonds. The van der Waals surface area contributed by atoms with Gasteiger partial charge in [0, 0.05) is 24.2 Å². The van der Waals surface area contributed by atoms with Crippen LogP contribution in [-0.4, -0.2) is 28.7 Å². The molecule has 0 bridgehead atoms. The van der Waals surface area contributed by atoms with Crippen LogP contribution in [0.15, 0.2) is 89.2 Å². The van der Waals surface area contributed by atoms with Crippen LogP contribution in [0.4, 0.5) is 0 Å². The maximum atomic E-state index is 12.6. The van der Waals surface area contributed by atoms with Crippen molar-refractivity contribution in [2.24, 2.45) is 0 Å². The fraction of sp³-hybridized carbons (Fsp3) is 0.0500. The first-order valence-electron chi connectivity index (χ1n) is 8.50. The Balaban J connectivity index is 1.46. The standard InChI is InChI=1S/C20H16N4O3S/c25-20(23-12-16-14-24-11-10-21-19(24)13-22-16)15-6-8-18(9-7-15)28(26,27)17-4-2-1-3-5-17/h1-11,13-14H,12H2,(H,23,25). The second-order valence-corrected chi connectivity index (χ2v) is 8.04. The van der Waals surface area contributed by atoms with Crippen molar-refractivity contribution < 1.29 is 13.2 Å². The molecule has 4 aromatic rings. The number of carbonyl (C=O) groups is 1. The van der Waals surface area contributed by atoms with Crippen LogP contribution in [0, 0.1) is 0 Å². The molecule has 4 rings (SSSR count). The molecule has 0 atom stereocenters. The summed E-state index contributed by atoms with van der Waals surface area (Å²) in [7, 11) is -3.60. The van der Waals surface area contributed by atoms with Gasteiger partial charge in [-0.05, 0) is 36.4 Å². The van der Waals surface area contributed by atoms with Crippen molar-refractivity contribution in [3.63, 3.8) is 0 Å². The van der Waals surface area contributed by atoms with Crippen LogP contribution in [-0.2, 0) is 16.4 Å². The highest BCUT2D eigenvalue weighted by Crippen LogP contribution is 2.20. The minimum Gasteiger partial charge on any atom is -0.346 e. The number of sulfone groups is 1. The molecule has 0 fully saturated rings. The number of benzene rings is 2. The fourth-order valence-corrected chi connectivity index (χ4v) is 4.04. The number of hydrogen-bond donors (Lipinski definition) is 1. The molecular weight excluding hydrogens is 376 g/mol. The van der Waals surface area contributed by atoms with E-state index in [1.807, 2.05) is 4.40 Å². The highest BCUT2D eigenvalue weighted by molar-refractivity contribution is 7.91. The summed E-state index contributed by atoms with van der Waals surface area (Å²) in [6.45, 7) is 0.247. The topological polar surface area (TPSA) is 93.4 Å². The molecule has 0 spiro atoms. The van der Waals surface area contributed by atoms with Crippen LogP contribution in [0.5, 0.6) is 0 Å². The zero-order chi connectivity index (χ0) is 19.6. The molecule has 2 aromatic heterocycles. The molecule has 2 aromatic carbocycles. The van der Waals surface area contributed by atoms with Gasteiger partial charge in [0.25, 0.3) is 5.91 Å². The molecule has 0 aliphatic carbocycles. The Morgan fingerprint density at radius 1 is 0.964 bits per heavy atom. The van der Waals surface area contributed by atoms with Gasteiger partial charge in [0.15, 0.2) is 5.65 Å². The van der Waals surface area contributed by atoms with Gasteiger partial charge in [0.05, 0.1) is 28.2 Å². The largest absolute Gasteiger partial charge is 0.346 e. The van der Waals surface area contributed by atoms with E-state index in [0.29, 0.717) is 11.3 Å². The van der Waals surface area contributed by atoms with Gasteiger partial charge in [0.1, 0.15) is 0 Å². The van der Waals surface area contributed by atoms with Gasteiger partial charge >= 0.3 is 0 Å². The Morgan fingerprint density at radius 3 is 2.43 bits per heavy atom. The van der Waals surface area contributed by atoms with Crippen LogP contribution >= 0.6 is 0 Å². The first-order chi connectivity index (χ1) is 13.5. The summed E-state index contributed by atoms with van der Waals surface area (Å²) in [6.07, 6.45) is 6.89. The lowest BCUT2D eigenvalue weighted by Crippen LogP contribution is -2.23. The number of amides is 1. The Kier molecular flexibility index (Phi) is 4.62. The SMILES string of the molecule is O=C(NCc1cn2ccnc2cn1)c1ccc(S(=O)(=O)c2ccccc2)cc1. The third-order valence-corrected chi connectivity index (χ3v) is 6.03. The van der Waals surface area contributed by atoms with E-state index in [1.54, 1.807) is 55.1 Å². The number of rotatable bonds is 5. The second kappa shape index (κ2) is 7.24. The Morgan fingerprint density at radius 2 is 1.68 bits per heavy atom. The third kappa shape index (κ3) is 3.49. The van der Waals surface area contributed by atoms with E-state index < -0.39 is 9.84 Å². The minimum absolute atomic E-state index is 0.141. The van der Waals surface area contributed by atoms with Crippen molar-refractivity contribution >= 4 is 21.4 Å². The predicted octanol–water partition coefficient (Wildman–Crippen LogP) is 2.49. The molecule has 0 saturated carbocycles. The summed E-state index contributed by atoms with van der Waals surface area (Å²) in [5, 5.41) is 2.78. The Hall–Kier alpha value is -3.52. The molecule has 1 N–H and O–H groups in total. The molecule has 0 radical (unpaired) electrons. The normalized spacial score (nSPS) is 11.4. The molecule has 0 aliphatic rings. The first-order valence-corrected chi connectivity index (χ1v) is 9.98. The summed E-state index contributed by atoms with van der Waals surface area (Å²) in [5.74, 6) is -0.309. The van der Waals surface area contributed by atoms with E-state index in [9.17, 15) is 13.2 Å². The fourth-order valence-electron chi connectivity index (χ4n) is 2.75. The average Bonchev–Trinajstić information content (AvgIpc) is 3.20. The zero-order valence-electron chi connectivity index (χ0n) is 14.7. The number of nitrogens with one attached hydrogen (secondary N) is 1. The van der Waals surface area contributed by atoms with Crippen molar-refractivity contribution in [3.8, 4) is 0 Å². The number of fused-ring (bicyclic) bond motifs is 1. The smallest absolute Gasteiger partial charge is 0.251 e. The maximum Gasteiger partial charge on any atom is 0.251 e. The third-order valence-electron chi connectivity index (χ3n) is 4.24. The van der Waals surface area contributed by atoms with E-state index in [2.05, 4.69) is 15.3 Å². The summed E-state index contributed by atoms with van der Waals surface area (Å²) < 4.78 is 27.0. The van der Waals surface area contributed by atoms with Crippen LogP contribution < -0.4 is 5.32 Å². The van der Waals surface area contributed by atoms with Crippen LogP contribution in [0.2, 0.25) is 0 Å². The number of imidazole rings is 1. The predicted molar refractivity (Wildman–Crippen MR) is 102 cm³/mol. The van der Waals surface area contributed by atoms with Gasteiger partial charge in [0.2, 0.25) is 9.84 Å². The number of aromatic nitrogens is 3. The molecule has 28 heavy (non-hydrogen) atoms. The number of hydrogen-bond acceptors (Lipinski definition) is 5. The summed E-state index contributed by atoms with van der Waals surface area (Å²) >= 11 is 0. The Bertz CT molecular complexity index is 1230. The number of nitrogens with zero attached hydrogens (tertiary/aromatic N) is 3. The van der Waals surface area contributed by atoms with Crippen molar-refractivity contribution in [1.82, 2.24) is 19.7 Å². The van der Waals surface area contributed by atoms with Crippen molar-refractivity contribution in [2.45, 2.75) is 16.3 Å². The van der Waals surface area contributed by atoms with Crippen molar-refractivity contribution in [3.05, 3.63) is 90.6 Å². The van der Waals surface area contributed by atoms with E-state index in [1.165, 1.54) is 24.3 Å². The maximum absolute atomic E-state index is 12.6. The summed E-state index contributed by atoms with van der Waals surface area (Å²) in [5.41, 5.74) is 1.78. The highest BCUT2D eigenvalue weighted by atomic mass is 32.2. The number of carbonyl (C=O) groups excluding carboxylic acids is 1. The monoisotopic (exact) mass is 392 g/mol.